The highest BCUT2D eigenvalue weighted by Gasteiger charge is 2.03. The van der Waals surface area contributed by atoms with Crippen molar-refractivity contribution in [2.24, 2.45) is 0 Å². The first-order valence-electron chi connectivity index (χ1n) is 4.03. The molecule has 0 atom stereocenters. The van der Waals surface area contributed by atoms with Gasteiger partial charge in [0.15, 0.2) is 5.78 Å². The van der Waals surface area contributed by atoms with E-state index >= 15 is 0 Å². The van der Waals surface area contributed by atoms with Crippen molar-refractivity contribution in [3.63, 3.8) is 0 Å². The zero-order valence-corrected chi connectivity index (χ0v) is 8.14. The average molecular weight is 196 g/mol. The van der Waals surface area contributed by atoms with E-state index in [1.165, 1.54) is 11.3 Å². The largest absolute Gasteiger partial charge is 0.307 e. The fourth-order valence-corrected chi connectivity index (χ4v) is 1.52. The molecule has 0 saturated heterocycles. The van der Waals surface area contributed by atoms with Crippen molar-refractivity contribution in [3.8, 4) is 0 Å². The Balaban J connectivity index is 2.22. The highest BCUT2D eigenvalue weighted by molar-refractivity contribution is 7.09. The summed E-state index contributed by atoms with van der Waals surface area (Å²) >= 11 is 1.51. The van der Waals surface area contributed by atoms with Crippen LogP contribution in [0.5, 0.6) is 0 Å². The van der Waals surface area contributed by atoms with Crippen LogP contribution in [0.1, 0.15) is 4.88 Å². The van der Waals surface area contributed by atoms with E-state index in [-0.39, 0.29) is 5.78 Å². The van der Waals surface area contributed by atoms with E-state index < -0.39 is 0 Å². The Kier molecular flexibility index (Phi) is 4.35. The Morgan fingerprint density at radius 3 is 3.23 bits per heavy atom. The van der Waals surface area contributed by atoms with Crippen LogP contribution in [0.15, 0.2) is 24.4 Å². The van der Waals surface area contributed by atoms with Crippen LogP contribution in [-0.4, -0.2) is 23.9 Å². The standard InChI is InChI=1S/C9H12N2OS/c1-2-3-10-5-8(12)4-9-6-11-7-13-9/h2,6-7,10H,1,3-5H2. The third-order valence-corrected chi connectivity index (χ3v) is 2.25. The molecular weight excluding hydrogens is 184 g/mol. The first-order valence-corrected chi connectivity index (χ1v) is 4.91. The van der Waals surface area contributed by atoms with E-state index in [2.05, 4.69) is 16.9 Å². The van der Waals surface area contributed by atoms with Crippen molar-refractivity contribution in [3.05, 3.63) is 29.2 Å². The van der Waals surface area contributed by atoms with Gasteiger partial charge in [-0.05, 0) is 0 Å². The van der Waals surface area contributed by atoms with Gasteiger partial charge in [0.2, 0.25) is 0 Å². The van der Waals surface area contributed by atoms with Crippen molar-refractivity contribution in [2.45, 2.75) is 6.42 Å². The quantitative estimate of drug-likeness (QED) is 0.546. The highest BCUT2D eigenvalue weighted by atomic mass is 32.1. The van der Waals surface area contributed by atoms with Crippen molar-refractivity contribution < 1.29 is 4.79 Å². The first-order chi connectivity index (χ1) is 6.33. The van der Waals surface area contributed by atoms with E-state index in [1.807, 2.05) is 0 Å². The second-order valence-electron chi connectivity index (χ2n) is 2.60. The van der Waals surface area contributed by atoms with Gasteiger partial charge in [-0.1, -0.05) is 6.08 Å². The Morgan fingerprint density at radius 2 is 2.62 bits per heavy atom. The van der Waals surface area contributed by atoms with Crippen molar-refractivity contribution in [1.29, 1.82) is 0 Å². The van der Waals surface area contributed by atoms with Gasteiger partial charge in [-0.3, -0.25) is 9.78 Å². The molecule has 0 aliphatic heterocycles. The number of aromatic nitrogens is 1. The second kappa shape index (κ2) is 5.61. The first kappa shape index (κ1) is 10.1. The molecule has 0 amide bonds. The van der Waals surface area contributed by atoms with Gasteiger partial charge in [-0.2, -0.15) is 0 Å². The summed E-state index contributed by atoms with van der Waals surface area (Å²) in [6.45, 7) is 4.63. The lowest BCUT2D eigenvalue weighted by Crippen LogP contribution is -2.23. The van der Waals surface area contributed by atoms with Crippen LogP contribution in [0.3, 0.4) is 0 Å². The molecule has 0 saturated carbocycles. The molecule has 0 bridgehead atoms. The number of ketones is 1. The number of nitrogens with zero attached hydrogens (tertiary/aromatic N) is 1. The lowest BCUT2D eigenvalue weighted by Gasteiger charge is -1.98. The maximum absolute atomic E-state index is 11.3. The van der Waals surface area contributed by atoms with E-state index in [1.54, 1.807) is 17.8 Å². The average Bonchev–Trinajstić information content (AvgIpc) is 2.57. The maximum atomic E-state index is 11.3. The van der Waals surface area contributed by atoms with Gasteiger partial charge < -0.3 is 5.32 Å². The molecule has 13 heavy (non-hydrogen) atoms. The molecule has 0 unspecified atom stereocenters. The van der Waals surface area contributed by atoms with Gasteiger partial charge in [0, 0.05) is 24.0 Å². The van der Waals surface area contributed by atoms with E-state index in [0.717, 1.165) is 4.88 Å². The molecule has 0 radical (unpaired) electrons. The number of Topliss-reactive ketones (excluding diaryl/α,β-unsaturated/α-hetero) is 1. The van der Waals surface area contributed by atoms with Crippen LogP contribution >= 0.6 is 11.3 Å². The lowest BCUT2D eigenvalue weighted by molar-refractivity contribution is -0.117. The normalized spacial score (nSPS) is 9.85. The number of hydrogen-bond acceptors (Lipinski definition) is 4. The zero-order chi connectivity index (χ0) is 9.52. The van der Waals surface area contributed by atoms with Crippen LogP contribution < -0.4 is 5.32 Å². The minimum atomic E-state index is 0.186. The summed E-state index contributed by atoms with van der Waals surface area (Å²) in [6.07, 6.45) is 3.95. The molecule has 1 aromatic rings. The van der Waals surface area contributed by atoms with Crippen LogP contribution in [0.4, 0.5) is 0 Å². The molecule has 0 spiro atoms. The molecule has 0 aromatic carbocycles. The monoisotopic (exact) mass is 196 g/mol. The number of rotatable bonds is 6. The molecule has 1 aromatic heterocycles. The van der Waals surface area contributed by atoms with Gasteiger partial charge in [0.05, 0.1) is 12.1 Å². The smallest absolute Gasteiger partial charge is 0.151 e. The van der Waals surface area contributed by atoms with Crippen molar-refractivity contribution in [2.75, 3.05) is 13.1 Å². The Labute approximate surface area is 81.5 Å². The predicted molar refractivity (Wildman–Crippen MR) is 53.9 cm³/mol. The molecular formula is C9H12N2OS. The van der Waals surface area contributed by atoms with Gasteiger partial charge in [0.25, 0.3) is 0 Å². The zero-order valence-electron chi connectivity index (χ0n) is 7.32. The number of carbonyl (C=O) groups is 1. The summed E-state index contributed by atoms with van der Waals surface area (Å²) in [5.74, 6) is 0.186. The van der Waals surface area contributed by atoms with Crippen molar-refractivity contribution >= 4 is 17.1 Å². The third-order valence-electron chi connectivity index (χ3n) is 1.47. The van der Waals surface area contributed by atoms with Crippen LogP contribution in [0.2, 0.25) is 0 Å². The maximum Gasteiger partial charge on any atom is 0.151 e. The van der Waals surface area contributed by atoms with Crippen LogP contribution in [-0.2, 0) is 11.2 Å². The fraction of sp³-hybridized carbons (Fsp3) is 0.333. The summed E-state index contributed by atoms with van der Waals surface area (Å²) in [6, 6.07) is 0. The topological polar surface area (TPSA) is 42.0 Å². The van der Waals surface area contributed by atoms with Gasteiger partial charge in [-0.15, -0.1) is 17.9 Å². The van der Waals surface area contributed by atoms with Gasteiger partial charge in [0.1, 0.15) is 0 Å². The molecule has 1 N–H and O–H groups in total. The Morgan fingerprint density at radius 1 is 1.77 bits per heavy atom. The highest BCUT2D eigenvalue weighted by Crippen LogP contribution is 2.05. The molecule has 0 fully saturated rings. The van der Waals surface area contributed by atoms with Crippen molar-refractivity contribution in [1.82, 2.24) is 10.3 Å². The number of thiazole rings is 1. The third kappa shape index (κ3) is 3.96. The van der Waals surface area contributed by atoms with Gasteiger partial charge >= 0.3 is 0 Å². The van der Waals surface area contributed by atoms with E-state index in [4.69, 9.17) is 0 Å². The molecule has 70 valence electrons. The molecule has 3 nitrogen and oxygen atoms in total. The molecule has 0 aliphatic carbocycles. The summed E-state index contributed by atoms with van der Waals surface area (Å²) in [5, 5.41) is 2.96. The fourth-order valence-electron chi connectivity index (χ4n) is 0.900. The van der Waals surface area contributed by atoms with Gasteiger partial charge in [-0.25, -0.2) is 0 Å². The Bertz CT molecular complexity index is 269. The summed E-state index contributed by atoms with van der Waals surface area (Å²) in [4.78, 5) is 16.2. The molecule has 0 aliphatic rings. The Hall–Kier alpha value is -1.00. The number of hydrogen-bond donors (Lipinski definition) is 1. The SMILES string of the molecule is C=CCNCC(=O)Cc1cncs1. The summed E-state index contributed by atoms with van der Waals surface area (Å²) < 4.78 is 0. The minimum absolute atomic E-state index is 0.186. The predicted octanol–water partition coefficient (Wildman–Crippen LogP) is 1.03. The van der Waals surface area contributed by atoms with Crippen LogP contribution in [0.25, 0.3) is 0 Å². The number of carbonyl (C=O) groups excluding carboxylic acids is 1. The summed E-state index contributed by atoms with van der Waals surface area (Å²) in [5.41, 5.74) is 1.74. The lowest BCUT2D eigenvalue weighted by atomic mass is 10.2. The number of nitrogens with one attached hydrogen (secondary N) is 1. The second-order valence-corrected chi connectivity index (χ2v) is 3.57. The van der Waals surface area contributed by atoms with E-state index in [0.29, 0.717) is 19.5 Å². The molecule has 1 rings (SSSR count). The van der Waals surface area contributed by atoms with Crippen LogP contribution in [0, 0.1) is 0 Å². The minimum Gasteiger partial charge on any atom is -0.307 e. The molecule has 4 heteroatoms. The molecule has 1 heterocycles. The summed E-state index contributed by atoms with van der Waals surface area (Å²) in [7, 11) is 0. The van der Waals surface area contributed by atoms with E-state index in [9.17, 15) is 4.79 Å².